The molecule has 128 valence electrons. The third kappa shape index (κ3) is 2.62. The predicted octanol–water partition coefficient (Wildman–Crippen LogP) is 0.493. The molecule has 0 saturated carbocycles. The number of hydrogen-bond acceptors (Lipinski definition) is 5. The minimum Gasteiger partial charge on any atom is -0.481 e. The van der Waals surface area contributed by atoms with Crippen LogP contribution in [0.4, 0.5) is 0 Å². The molecule has 1 aliphatic rings. The van der Waals surface area contributed by atoms with E-state index in [0.29, 0.717) is 34.5 Å². The van der Waals surface area contributed by atoms with Gasteiger partial charge in [-0.05, 0) is 26.3 Å². The number of carbonyl (C=O) groups is 2. The van der Waals surface area contributed by atoms with Gasteiger partial charge in [-0.25, -0.2) is 4.98 Å². The van der Waals surface area contributed by atoms with Crippen LogP contribution in [0.25, 0.3) is 11.0 Å². The Kier molecular flexibility index (Phi) is 4.00. The average molecular weight is 332 g/mol. The second-order valence-corrected chi connectivity index (χ2v) is 6.27. The van der Waals surface area contributed by atoms with E-state index < -0.39 is 18.0 Å². The Morgan fingerprint density at radius 3 is 2.71 bits per heavy atom. The topological polar surface area (TPSA) is 109 Å². The number of pyridine rings is 1. The highest BCUT2D eigenvalue weighted by molar-refractivity contribution is 6.06. The maximum atomic E-state index is 13.0. The number of aliphatic hydroxyl groups is 1. The smallest absolute Gasteiger partial charge is 0.310 e. The molecule has 1 saturated heterocycles. The fourth-order valence-corrected chi connectivity index (χ4v) is 3.28. The predicted molar refractivity (Wildman–Crippen MR) is 85.6 cm³/mol. The molecule has 0 bridgehead atoms. The summed E-state index contributed by atoms with van der Waals surface area (Å²) in [6, 6.07) is 1.71. The van der Waals surface area contributed by atoms with Crippen molar-refractivity contribution in [1.82, 2.24) is 19.7 Å². The first kappa shape index (κ1) is 16.4. The van der Waals surface area contributed by atoms with Crippen LogP contribution in [-0.2, 0) is 11.8 Å². The Labute approximate surface area is 138 Å². The number of carboxylic acids is 1. The van der Waals surface area contributed by atoms with Crippen molar-refractivity contribution in [2.24, 2.45) is 13.0 Å². The van der Waals surface area contributed by atoms with Gasteiger partial charge in [-0.2, -0.15) is 5.10 Å². The summed E-state index contributed by atoms with van der Waals surface area (Å²) in [5.74, 6) is -2.30. The van der Waals surface area contributed by atoms with E-state index in [-0.39, 0.29) is 18.9 Å². The van der Waals surface area contributed by atoms with Crippen LogP contribution in [-0.4, -0.2) is 60.9 Å². The third-order valence-corrected chi connectivity index (χ3v) is 4.51. The Hall–Kier alpha value is -2.48. The lowest BCUT2D eigenvalue weighted by molar-refractivity contribution is -0.148. The summed E-state index contributed by atoms with van der Waals surface area (Å²) in [4.78, 5) is 30.2. The highest BCUT2D eigenvalue weighted by Gasteiger charge is 2.36. The lowest BCUT2D eigenvalue weighted by atomic mass is 9.94. The van der Waals surface area contributed by atoms with Crippen LogP contribution in [0.5, 0.6) is 0 Å². The molecule has 0 unspecified atom stereocenters. The molecule has 0 aliphatic carbocycles. The molecule has 1 amide bonds. The monoisotopic (exact) mass is 332 g/mol. The molecule has 8 nitrogen and oxygen atoms in total. The van der Waals surface area contributed by atoms with E-state index in [1.165, 1.54) is 4.90 Å². The van der Waals surface area contributed by atoms with E-state index in [2.05, 4.69) is 10.1 Å². The summed E-state index contributed by atoms with van der Waals surface area (Å²) in [6.07, 6.45) is -0.673. The molecule has 2 N–H and O–H groups in total. The SMILES string of the molecule is Cc1cc(C(=O)N2CC[C@@H](O)[C@H](C(=O)O)C2)c2c(C)nn(C)c2n1. The van der Waals surface area contributed by atoms with E-state index in [1.807, 2.05) is 6.92 Å². The maximum Gasteiger partial charge on any atom is 0.310 e. The normalized spacial score (nSPS) is 21.2. The summed E-state index contributed by atoms with van der Waals surface area (Å²) < 4.78 is 1.63. The maximum absolute atomic E-state index is 13.0. The van der Waals surface area contributed by atoms with Gasteiger partial charge in [-0.1, -0.05) is 0 Å². The molecule has 0 spiro atoms. The zero-order chi connectivity index (χ0) is 17.6. The number of carboxylic acid groups (broad SMARTS) is 1. The third-order valence-electron chi connectivity index (χ3n) is 4.51. The van der Waals surface area contributed by atoms with E-state index in [1.54, 1.807) is 24.7 Å². The summed E-state index contributed by atoms with van der Waals surface area (Å²) in [6.45, 7) is 3.94. The average Bonchev–Trinajstić information content (AvgIpc) is 2.80. The number of aryl methyl sites for hydroxylation is 3. The van der Waals surface area contributed by atoms with Gasteiger partial charge < -0.3 is 15.1 Å². The number of aromatic nitrogens is 3. The highest BCUT2D eigenvalue weighted by atomic mass is 16.4. The van der Waals surface area contributed by atoms with Gasteiger partial charge >= 0.3 is 5.97 Å². The first-order valence-electron chi connectivity index (χ1n) is 7.80. The van der Waals surface area contributed by atoms with E-state index in [9.17, 15) is 19.8 Å². The van der Waals surface area contributed by atoms with Crippen molar-refractivity contribution in [2.75, 3.05) is 13.1 Å². The second-order valence-electron chi connectivity index (χ2n) is 6.27. The van der Waals surface area contributed by atoms with Crippen molar-refractivity contribution in [3.05, 3.63) is 23.0 Å². The molecule has 8 heteroatoms. The number of aliphatic hydroxyl groups excluding tert-OH is 1. The summed E-state index contributed by atoms with van der Waals surface area (Å²) in [5, 5.41) is 24.1. The number of piperidine rings is 1. The molecule has 2 aromatic heterocycles. The summed E-state index contributed by atoms with van der Waals surface area (Å²) in [7, 11) is 1.77. The molecular formula is C16H20N4O4. The number of rotatable bonds is 2. The number of hydrogen-bond donors (Lipinski definition) is 2. The number of aliphatic carboxylic acids is 1. The van der Waals surface area contributed by atoms with Crippen molar-refractivity contribution in [1.29, 1.82) is 0 Å². The minimum absolute atomic E-state index is 0.00247. The molecule has 3 rings (SSSR count). The van der Waals surface area contributed by atoms with Crippen LogP contribution in [0.3, 0.4) is 0 Å². The van der Waals surface area contributed by atoms with Gasteiger partial charge in [0.25, 0.3) is 5.91 Å². The van der Waals surface area contributed by atoms with Crippen LogP contribution in [0.1, 0.15) is 28.2 Å². The minimum atomic E-state index is -1.09. The Morgan fingerprint density at radius 1 is 1.33 bits per heavy atom. The molecule has 24 heavy (non-hydrogen) atoms. The molecule has 3 heterocycles. The van der Waals surface area contributed by atoms with Gasteiger partial charge in [0, 0.05) is 25.8 Å². The van der Waals surface area contributed by atoms with Crippen molar-refractivity contribution in [2.45, 2.75) is 26.4 Å². The van der Waals surface area contributed by atoms with Crippen molar-refractivity contribution in [3.8, 4) is 0 Å². The van der Waals surface area contributed by atoms with Crippen LogP contribution in [0, 0.1) is 19.8 Å². The van der Waals surface area contributed by atoms with Gasteiger partial charge in [-0.15, -0.1) is 0 Å². The fraction of sp³-hybridized carbons (Fsp3) is 0.500. The van der Waals surface area contributed by atoms with Crippen LogP contribution in [0.2, 0.25) is 0 Å². The van der Waals surface area contributed by atoms with Crippen LogP contribution >= 0.6 is 0 Å². The van der Waals surface area contributed by atoms with Crippen LogP contribution < -0.4 is 0 Å². The van der Waals surface area contributed by atoms with Crippen molar-refractivity contribution >= 4 is 22.9 Å². The Morgan fingerprint density at radius 2 is 2.04 bits per heavy atom. The molecule has 1 fully saturated rings. The summed E-state index contributed by atoms with van der Waals surface area (Å²) >= 11 is 0. The Bertz CT molecular complexity index is 829. The molecule has 1 aliphatic heterocycles. The van der Waals surface area contributed by atoms with Gasteiger partial charge in [0.1, 0.15) is 5.92 Å². The van der Waals surface area contributed by atoms with Crippen LogP contribution in [0.15, 0.2) is 6.07 Å². The fourth-order valence-electron chi connectivity index (χ4n) is 3.28. The zero-order valence-corrected chi connectivity index (χ0v) is 13.9. The number of carbonyl (C=O) groups excluding carboxylic acids is 1. The standard InChI is InChI=1S/C16H20N4O4/c1-8-6-10(13-9(2)18-19(3)14(13)17-8)15(22)20-5-4-12(21)11(7-20)16(23)24/h6,11-12,21H,4-5,7H2,1-3H3,(H,23,24)/t11-,12-/m1/s1. The zero-order valence-electron chi connectivity index (χ0n) is 13.9. The van der Waals surface area contributed by atoms with Crippen molar-refractivity contribution < 1.29 is 19.8 Å². The lowest BCUT2D eigenvalue weighted by Crippen LogP contribution is -2.48. The molecule has 2 atom stereocenters. The number of amides is 1. The quantitative estimate of drug-likeness (QED) is 0.829. The van der Waals surface area contributed by atoms with Crippen molar-refractivity contribution in [3.63, 3.8) is 0 Å². The van der Waals surface area contributed by atoms with Gasteiger partial charge in [0.05, 0.1) is 22.7 Å². The molecule has 0 radical (unpaired) electrons. The van der Waals surface area contributed by atoms with E-state index in [0.717, 1.165) is 0 Å². The lowest BCUT2D eigenvalue weighted by Gasteiger charge is -2.34. The number of likely N-dealkylation sites (tertiary alicyclic amines) is 1. The highest BCUT2D eigenvalue weighted by Crippen LogP contribution is 2.25. The first-order valence-corrected chi connectivity index (χ1v) is 7.80. The number of nitrogens with zero attached hydrogens (tertiary/aromatic N) is 4. The first-order chi connectivity index (χ1) is 11.3. The summed E-state index contributed by atoms with van der Waals surface area (Å²) in [5.41, 5.74) is 2.50. The Balaban J connectivity index is 2.01. The van der Waals surface area contributed by atoms with E-state index >= 15 is 0 Å². The van der Waals surface area contributed by atoms with Gasteiger partial charge in [0.2, 0.25) is 0 Å². The largest absolute Gasteiger partial charge is 0.481 e. The molecule has 0 aromatic carbocycles. The van der Waals surface area contributed by atoms with Gasteiger partial charge in [0.15, 0.2) is 5.65 Å². The molecular weight excluding hydrogens is 312 g/mol. The van der Waals surface area contributed by atoms with Gasteiger partial charge in [-0.3, -0.25) is 14.3 Å². The van der Waals surface area contributed by atoms with E-state index in [4.69, 9.17) is 0 Å². The second kappa shape index (κ2) is 5.86. The number of fused-ring (bicyclic) bond motifs is 1. The molecule has 2 aromatic rings.